The summed E-state index contributed by atoms with van der Waals surface area (Å²) in [5, 5.41) is 9.47. The van der Waals surface area contributed by atoms with Crippen LogP contribution in [0.4, 0.5) is 0 Å². The van der Waals surface area contributed by atoms with Gasteiger partial charge in [-0.05, 0) is 5.56 Å². The Labute approximate surface area is 209 Å². The van der Waals surface area contributed by atoms with Gasteiger partial charge in [0, 0.05) is 23.5 Å². The van der Waals surface area contributed by atoms with E-state index in [4.69, 9.17) is 5.73 Å². The molecule has 4 rings (SSSR count). The van der Waals surface area contributed by atoms with E-state index in [1.807, 2.05) is 0 Å². The average molecular weight is 534 g/mol. The molecule has 3 amide bonds. The molecule has 0 bridgehead atoms. The molecule has 188 valence electrons. The Bertz CT molecular complexity index is 1380. The molecule has 1 aromatic heterocycles. The van der Waals surface area contributed by atoms with Crippen LogP contribution in [-0.4, -0.2) is 63.8 Å². The molecule has 1 fully saturated rings. The number of β-lactam (4-membered cyclic amide) rings is 1. The Hall–Kier alpha value is -3.75. The van der Waals surface area contributed by atoms with Crippen molar-refractivity contribution in [2.45, 2.75) is 23.2 Å². The number of nitrogens with two attached hydrogens (primary N) is 1. The molecule has 0 aliphatic carbocycles. The van der Waals surface area contributed by atoms with E-state index in [2.05, 4.69) is 5.32 Å². The predicted octanol–water partition coefficient (Wildman–Crippen LogP) is -0.559. The van der Waals surface area contributed by atoms with Crippen LogP contribution in [0.1, 0.15) is 21.2 Å². The van der Waals surface area contributed by atoms with E-state index in [0.717, 1.165) is 4.90 Å². The van der Waals surface area contributed by atoms with Gasteiger partial charge < -0.3 is 16.2 Å². The molecule has 0 radical (unpaired) electrons. The summed E-state index contributed by atoms with van der Waals surface area (Å²) in [6.07, 6.45) is 3.12. The van der Waals surface area contributed by atoms with Crippen LogP contribution >= 0.6 is 11.8 Å². The van der Waals surface area contributed by atoms with Gasteiger partial charge in [0.25, 0.3) is 16.0 Å². The molecule has 2 aliphatic heterocycles. The number of carbonyl (C=O) groups excluding carboxylic acids is 3. The van der Waals surface area contributed by atoms with Crippen molar-refractivity contribution in [2.24, 2.45) is 5.73 Å². The first-order valence-corrected chi connectivity index (χ1v) is 13.0. The summed E-state index contributed by atoms with van der Waals surface area (Å²) in [7, 11) is -4.85. The van der Waals surface area contributed by atoms with Gasteiger partial charge >= 0.3 is 5.97 Å². The first-order valence-electron chi connectivity index (χ1n) is 10.5. The minimum Gasteiger partial charge on any atom is -0.477 e. The third kappa shape index (κ3) is 4.82. The fourth-order valence-corrected chi connectivity index (χ4v) is 6.24. The van der Waals surface area contributed by atoms with E-state index < -0.39 is 50.5 Å². The fraction of sp³-hybridized carbons (Fsp3) is 0.227. The SMILES string of the molecule is NC(=O)c1cc[n+](CC2=C(C(=O)O)N3C(=O)[C@H](NC(=O)[C@H](c4ccccc4)S(=O)(=O)O)[C@@H]3SC2)cc1. The molecule has 3 heterocycles. The van der Waals surface area contributed by atoms with Crippen LogP contribution in [0.25, 0.3) is 0 Å². The highest BCUT2D eigenvalue weighted by molar-refractivity contribution is 8.00. The Balaban J connectivity index is 1.54. The minimum atomic E-state index is -4.85. The highest BCUT2D eigenvalue weighted by Gasteiger charge is 2.55. The second kappa shape index (κ2) is 9.72. The number of carboxylic acid groups (broad SMARTS) is 1. The number of hydrogen-bond acceptors (Lipinski definition) is 7. The van der Waals surface area contributed by atoms with E-state index in [0.29, 0.717) is 5.57 Å². The average Bonchev–Trinajstić information content (AvgIpc) is 2.82. The van der Waals surface area contributed by atoms with Crippen molar-refractivity contribution in [3.8, 4) is 0 Å². The van der Waals surface area contributed by atoms with Crippen LogP contribution in [0.5, 0.6) is 0 Å². The number of nitrogens with one attached hydrogen (secondary N) is 1. The highest BCUT2D eigenvalue weighted by Crippen LogP contribution is 2.40. The lowest BCUT2D eigenvalue weighted by Gasteiger charge is -2.49. The molecular weight excluding hydrogens is 512 g/mol. The van der Waals surface area contributed by atoms with Crippen LogP contribution < -0.4 is 15.6 Å². The minimum absolute atomic E-state index is 0.0187. The molecule has 36 heavy (non-hydrogen) atoms. The van der Waals surface area contributed by atoms with E-state index in [9.17, 15) is 37.3 Å². The maximum absolute atomic E-state index is 12.9. The Kier molecular flexibility index (Phi) is 6.84. The van der Waals surface area contributed by atoms with E-state index in [1.165, 1.54) is 48.2 Å². The number of carboxylic acids is 1. The summed E-state index contributed by atoms with van der Waals surface area (Å²) in [4.78, 5) is 50.1. The van der Waals surface area contributed by atoms with Gasteiger partial charge in [-0.25, -0.2) is 9.36 Å². The summed E-state index contributed by atoms with van der Waals surface area (Å²) < 4.78 is 35.1. The maximum atomic E-state index is 12.9. The molecule has 1 saturated heterocycles. The first-order chi connectivity index (χ1) is 17.0. The number of amides is 3. The Morgan fingerprint density at radius 1 is 1.17 bits per heavy atom. The van der Waals surface area contributed by atoms with Gasteiger partial charge in [-0.1, -0.05) is 30.3 Å². The van der Waals surface area contributed by atoms with Crippen LogP contribution in [-0.2, 0) is 31.0 Å². The number of fused-ring (bicyclic) bond motifs is 1. The van der Waals surface area contributed by atoms with Crippen LogP contribution in [0.15, 0.2) is 66.1 Å². The zero-order chi connectivity index (χ0) is 26.2. The zero-order valence-corrected chi connectivity index (χ0v) is 20.1. The van der Waals surface area contributed by atoms with Crippen molar-refractivity contribution in [3.63, 3.8) is 0 Å². The number of nitrogens with zero attached hydrogens (tertiary/aromatic N) is 2. The summed E-state index contributed by atoms with van der Waals surface area (Å²) in [6.45, 7) is 0.125. The van der Waals surface area contributed by atoms with Gasteiger partial charge in [-0.2, -0.15) is 8.42 Å². The van der Waals surface area contributed by atoms with E-state index in [1.54, 1.807) is 23.0 Å². The third-order valence-electron chi connectivity index (χ3n) is 5.73. The number of thioether (sulfide) groups is 1. The number of aromatic nitrogens is 1. The van der Waals surface area contributed by atoms with Gasteiger partial charge in [-0.3, -0.25) is 23.8 Å². The second-order valence-electron chi connectivity index (χ2n) is 8.08. The van der Waals surface area contributed by atoms with Crippen molar-refractivity contribution >= 4 is 45.6 Å². The molecular formula is C22H21N4O8S2+. The summed E-state index contributed by atoms with van der Waals surface area (Å²) in [6, 6.07) is 9.12. The number of pyridine rings is 1. The van der Waals surface area contributed by atoms with Crippen LogP contribution in [0.2, 0.25) is 0 Å². The van der Waals surface area contributed by atoms with Gasteiger partial charge in [0.15, 0.2) is 24.2 Å². The topological polar surface area (TPSA) is 188 Å². The molecule has 0 saturated carbocycles. The molecule has 3 atom stereocenters. The van der Waals surface area contributed by atoms with Crippen molar-refractivity contribution in [3.05, 3.63) is 77.3 Å². The van der Waals surface area contributed by atoms with Crippen molar-refractivity contribution < 1.29 is 41.8 Å². The van der Waals surface area contributed by atoms with Crippen molar-refractivity contribution in [1.82, 2.24) is 10.2 Å². The summed E-state index contributed by atoms with van der Waals surface area (Å²) in [5.74, 6) is -3.53. The monoisotopic (exact) mass is 533 g/mol. The van der Waals surface area contributed by atoms with Crippen molar-refractivity contribution in [2.75, 3.05) is 5.75 Å². The summed E-state index contributed by atoms with van der Waals surface area (Å²) >= 11 is 1.21. The second-order valence-corrected chi connectivity index (χ2v) is 10.7. The van der Waals surface area contributed by atoms with Gasteiger partial charge in [-0.15, -0.1) is 11.8 Å². The number of aliphatic carboxylic acids is 1. The quantitative estimate of drug-likeness (QED) is 0.196. The molecule has 0 unspecified atom stereocenters. The van der Waals surface area contributed by atoms with Crippen molar-refractivity contribution in [1.29, 1.82) is 0 Å². The molecule has 0 spiro atoms. The number of rotatable bonds is 8. The van der Waals surface area contributed by atoms with Crippen LogP contribution in [0.3, 0.4) is 0 Å². The molecule has 1 aromatic carbocycles. The van der Waals surface area contributed by atoms with E-state index >= 15 is 0 Å². The molecule has 2 aliphatic rings. The smallest absolute Gasteiger partial charge is 0.352 e. The Morgan fingerprint density at radius 2 is 1.81 bits per heavy atom. The number of carbonyl (C=O) groups is 4. The number of benzene rings is 1. The zero-order valence-electron chi connectivity index (χ0n) is 18.5. The molecule has 5 N–H and O–H groups in total. The lowest BCUT2D eigenvalue weighted by molar-refractivity contribution is -0.689. The lowest BCUT2D eigenvalue weighted by atomic mass is 10.0. The standard InChI is InChI=1S/C22H20N4O8S2/c23-18(27)13-6-8-25(9-7-13)10-14-11-35-21-15(20(29)26(21)16(14)22(30)31)24-19(28)17(36(32,33)34)12-4-2-1-3-5-12/h1-9,15,17,21H,10-11H2,(H4-,23,24,27,28,30,31,32,33,34)/p+1/t15-,17-,21-/m0/s1. The predicted molar refractivity (Wildman–Crippen MR) is 126 cm³/mol. The molecule has 14 heteroatoms. The first kappa shape index (κ1) is 25.3. The van der Waals surface area contributed by atoms with Gasteiger partial charge in [0.2, 0.25) is 11.8 Å². The fourth-order valence-electron chi connectivity index (χ4n) is 4.07. The lowest BCUT2D eigenvalue weighted by Crippen LogP contribution is -2.71. The third-order valence-corrected chi connectivity index (χ3v) is 8.16. The van der Waals surface area contributed by atoms with Gasteiger partial charge in [0.1, 0.15) is 17.1 Å². The largest absolute Gasteiger partial charge is 0.477 e. The molecule has 12 nitrogen and oxygen atoms in total. The normalized spacial score (nSPS) is 20.2. The highest BCUT2D eigenvalue weighted by atomic mass is 32.2. The summed E-state index contributed by atoms with van der Waals surface area (Å²) in [5.41, 5.74) is 5.73. The maximum Gasteiger partial charge on any atom is 0.352 e. The number of primary amides is 1. The number of hydrogen-bond donors (Lipinski definition) is 4. The van der Waals surface area contributed by atoms with Gasteiger partial charge in [0.05, 0.1) is 5.56 Å². The molecule has 2 aromatic rings. The Morgan fingerprint density at radius 3 is 2.36 bits per heavy atom. The van der Waals surface area contributed by atoms with E-state index in [-0.39, 0.29) is 29.1 Å². The van der Waals surface area contributed by atoms with Crippen LogP contribution in [0, 0.1) is 0 Å².